The monoisotopic (exact) mass is 363 g/mol. The number of nitrogens with two attached hydrogens (primary N) is 1. The lowest BCUT2D eigenvalue weighted by Crippen LogP contribution is -2.32. The molecule has 1 rings (SSSR count). The number of hydrogen-bond donors (Lipinski definition) is 2. The second kappa shape index (κ2) is 5.80. The maximum atomic E-state index is 12.5. The fourth-order valence-corrected chi connectivity index (χ4v) is 4.75. The first-order chi connectivity index (χ1) is 10.0. The topological polar surface area (TPSA) is 119 Å². The Morgan fingerprint density at radius 2 is 1.48 bits per heavy atom. The molecule has 0 unspecified atom stereocenters. The van der Waals surface area contributed by atoms with E-state index in [1.54, 1.807) is 0 Å². The van der Waals surface area contributed by atoms with Crippen LogP contribution in [0.5, 0.6) is 0 Å². The molecule has 132 valence electrons. The van der Waals surface area contributed by atoms with Crippen LogP contribution in [0.15, 0.2) is 16.1 Å². The summed E-state index contributed by atoms with van der Waals surface area (Å²) in [4.78, 5) is 3.50. The van der Waals surface area contributed by atoms with Crippen molar-refractivity contribution >= 4 is 20.0 Å². The summed E-state index contributed by atoms with van der Waals surface area (Å²) in [6.45, 7) is 11.2. The highest BCUT2D eigenvalue weighted by atomic mass is 32.2. The van der Waals surface area contributed by atoms with E-state index in [-0.39, 0.29) is 4.90 Å². The van der Waals surface area contributed by atoms with Gasteiger partial charge in [0.2, 0.25) is 10.0 Å². The number of nitrogens with zero attached hydrogens (tertiary/aromatic N) is 1. The quantitative estimate of drug-likeness (QED) is 0.837. The SMILES string of the molecule is CNS(=O)(=O)c1c(S(N)(=O)=O)ncc(C(C)(C)C)c1C(C)(C)C. The third-order valence-corrected chi connectivity index (χ3v) is 5.82. The van der Waals surface area contributed by atoms with E-state index in [1.165, 1.54) is 13.2 Å². The van der Waals surface area contributed by atoms with Gasteiger partial charge in [0.1, 0.15) is 4.90 Å². The van der Waals surface area contributed by atoms with E-state index in [4.69, 9.17) is 5.14 Å². The molecule has 0 bridgehead atoms. The molecule has 1 heterocycles. The Hall–Kier alpha value is -1.03. The molecule has 0 saturated carbocycles. The number of primary sulfonamides is 1. The minimum atomic E-state index is -4.30. The van der Waals surface area contributed by atoms with Gasteiger partial charge in [-0.3, -0.25) is 0 Å². The maximum Gasteiger partial charge on any atom is 0.256 e. The predicted molar refractivity (Wildman–Crippen MR) is 89.3 cm³/mol. The molecule has 23 heavy (non-hydrogen) atoms. The molecule has 1 aromatic rings. The van der Waals surface area contributed by atoms with E-state index < -0.39 is 35.9 Å². The molecule has 0 atom stereocenters. The van der Waals surface area contributed by atoms with Crippen molar-refractivity contribution in [2.24, 2.45) is 5.14 Å². The van der Waals surface area contributed by atoms with Gasteiger partial charge in [0, 0.05) is 6.20 Å². The summed E-state index contributed by atoms with van der Waals surface area (Å²) >= 11 is 0. The smallest absolute Gasteiger partial charge is 0.242 e. The Morgan fingerprint density at radius 1 is 1.00 bits per heavy atom. The van der Waals surface area contributed by atoms with Crippen LogP contribution in [-0.4, -0.2) is 28.9 Å². The molecular formula is C14H25N3O4S2. The van der Waals surface area contributed by atoms with Gasteiger partial charge in [-0.1, -0.05) is 41.5 Å². The Labute approximate surface area is 138 Å². The Bertz CT molecular complexity index is 815. The van der Waals surface area contributed by atoms with E-state index in [2.05, 4.69) is 9.71 Å². The largest absolute Gasteiger partial charge is 0.256 e. The van der Waals surface area contributed by atoms with E-state index >= 15 is 0 Å². The molecular weight excluding hydrogens is 338 g/mol. The molecule has 3 N–H and O–H groups in total. The van der Waals surface area contributed by atoms with E-state index in [0.29, 0.717) is 11.1 Å². The van der Waals surface area contributed by atoms with Gasteiger partial charge >= 0.3 is 0 Å². The average Bonchev–Trinajstić information content (AvgIpc) is 2.33. The van der Waals surface area contributed by atoms with Gasteiger partial charge in [0.25, 0.3) is 10.0 Å². The van der Waals surface area contributed by atoms with Crippen LogP contribution < -0.4 is 9.86 Å². The highest BCUT2D eigenvalue weighted by Crippen LogP contribution is 2.39. The number of sulfonamides is 2. The van der Waals surface area contributed by atoms with Crippen LogP contribution in [0, 0.1) is 0 Å². The molecule has 0 saturated heterocycles. The van der Waals surface area contributed by atoms with E-state index in [0.717, 1.165) is 0 Å². The Morgan fingerprint density at radius 3 is 1.78 bits per heavy atom. The number of nitrogens with one attached hydrogen (secondary N) is 1. The van der Waals surface area contributed by atoms with Crippen molar-refractivity contribution in [3.05, 3.63) is 17.3 Å². The van der Waals surface area contributed by atoms with Crippen LogP contribution in [-0.2, 0) is 30.9 Å². The summed E-state index contributed by atoms with van der Waals surface area (Å²) in [6.07, 6.45) is 1.40. The van der Waals surface area contributed by atoms with Crippen LogP contribution in [0.1, 0.15) is 52.7 Å². The first-order valence-electron chi connectivity index (χ1n) is 7.04. The fourth-order valence-electron chi connectivity index (χ4n) is 2.34. The molecule has 0 aromatic carbocycles. The van der Waals surface area contributed by atoms with Crippen molar-refractivity contribution in [2.45, 2.75) is 62.3 Å². The molecule has 0 spiro atoms. The van der Waals surface area contributed by atoms with Crippen LogP contribution >= 0.6 is 0 Å². The third-order valence-electron chi connectivity index (χ3n) is 3.37. The van der Waals surface area contributed by atoms with Gasteiger partial charge < -0.3 is 0 Å². The maximum absolute atomic E-state index is 12.5. The van der Waals surface area contributed by atoms with E-state index in [1.807, 2.05) is 41.5 Å². The molecule has 7 nitrogen and oxygen atoms in total. The lowest BCUT2D eigenvalue weighted by molar-refractivity contribution is 0.501. The highest BCUT2D eigenvalue weighted by molar-refractivity contribution is 7.92. The van der Waals surface area contributed by atoms with Crippen LogP contribution in [0.4, 0.5) is 0 Å². The van der Waals surface area contributed by atoms with Crippen molar-refractivity contribution in [1.29, 1.82) is 0 Å². The van der Waals surface area contributed by atoms with E-state index in [9.17, 15) is 16.8 Å². The Kier molecular flexibility index (Phi) is 5.05. The zero-order valence-corrected chi connectivity index (χ0v) is 16.2. The van der Waals surface area contributed by atoms with Gasteiger partial charge in [-0.15, -0.1) is 0 Å². The Balaban J connectivity index is 4.23. The minimum Gasteiger partial charge on any atom is -0.242 e. The molecule has 0 fully saturated rings. The first kappa shape index (κ1) is 20.0. The highest BCUT2D eigenvalue weighted by Gasteiger charge is 2.37. The van der Waals surface area contributed by atoms with Crippen LogP contribution in [0.25, 0.3) is 0 Å². The summed E-state index contributed by atoms with van der Waals surface area (Å²) < 4.78 is 51.0. The molecule has 0 amide bonds. The summed E-state index contributed by atoms with van der Waals surface area (Å²) in [5, 5.41) is 4.56. The molecule has 0 radical (unpaired) electrons. The second-order valence-corrected chi connectivity index (χ2v) is 10.7. The zero-order valence-electron chi connectivity index (χ0n) is 14.6. The first-order valence-corrected chi connectivity index (χ1v) is 10.1. The normalized spacial score (nSPS) is 14.1. The molecule has 0 aliphatic carbocycles. The van der Waals surface area contributed by atoms with Crippen molar-refractivity contribution in [3.63, 3.8) is 0 Å². The number of hydrogen-bond acceptors (Lipinski definition) is 5. The molecule has 1 aromatic heterocycles. The lowest BCUT2D eigenvalue weighted by Gasteiger charge is -2.32. The summed E-state index contributed by atoms with van der Waals surface area (Å²) in [6, 6.07) is 0. The second-order valence-electron chi connectivity index (χ2n) is 7.43. The number of pyridine rings is 1. The molecule has 0 aliphatic heterocycles. The average molecular weight is 364 g/mol. The molecule has 0 aliphatic rings. The van der Waals surface area contributed by atoms with Crippen LogP contribution in [0.3, 0.4) is 0 Å². The van der Waals surface area contributed by atoms with Gasteiger partial charge in [-0.05, 0) is 29.0 Å². The summed E-state index contributed by atoms with van der Waals surface area (Å²) in [5.41, 5.74) is -0.000937. The number of rotatable bonds is 3. The van der Waals surface area contributed by atoms with Gasteiger partial charge in [-0.2, -0.15) is 0 Å². The molecule has 9 heteroatoms. The van der Waals surface area contributed by atoms with Crippen molar-refractivity contribution in [1.82, 2.24) is 9.71 Å². The lowest BCUT2D eigenvalue weighted by atomic mass is 9.76. The van der Waals surface area contributed by atoms with Crippen molar-refractivity contribution in [2.75, 3.05) is 7.05 Å². The standard InChI is InChI=1S/C14H25N3O4S2/c1-13(2,3)9-8-17-12(22(15,18)19)11(23(20,21)16-7)10(9)14(4,5)6/h8,16H,1-7H3,(H2,15,18,19). The van der Waals surface area contributed by atoms with Gasteiger partial charge in [0.05, 0.1) is 0 Å². The van der Waals surface area contributed by atoms with Gasteiger partial charge in [0.15, 0.2) is 5.03 Å². The minimum absolute atomic E-state index is 0.373. The predicted octanol–water partition coefficient (Wildman–Crippen LogP) is 1.23. The zero-order chi connectivity index (χ0) is 18.4. The van der Waals surface area contributed by atoms with Gasteiger partial charge in [-0.25, -0.2) is 31.7 Å². The van der Waals surface area contributed by atoms with Crippen LogP contribution in [0.2, 0.25) is 0 Å². The summed E-state index contributed by atoms with van der Waals surface area (Å²) in [5.74, 6) is 0. The third kappa shape index (κ3) is 4.09. The van der Waals surface area contributed by atoms with Crippen molar-refractivity contribution < 1.29 is 16.8 Å². The van der Waals surface area contributed by atoms with Crippen molar-refractivity contribution in [3.8, 4) is 0 Å². The number of aromatic nitrogens is 1. The fraction of sp³-hybridized carbons (Fsp3) is 0.643. The summed E-state index contributed by atoms with van der Waals surface area (Å²) in [7, 11) is -7.16.